The van der Waals surface area contributed by atoms with Crippen LogP contribution in [0.4, 0.5) is 16.0 Å². The Balaban J connectivity index is 1.48. The number of carbonyl (C=O) groups is 2. The van der Waals surface area contributed by atoms with Gasteiger partial charge in [-0.25, -0.2) is 4.98 Å². The molecule has 0 bridgehead atoms. The Bertz CT molecular complexity index is 1030. The van der Waals surface area contributed by atoms with E-state index in [1.165, 1.54) is 40.0 Å². The molecule has 0 saturated carbocycles. The van der Waals surface area contributed by atoms with Crippen LogP contribution in [0.25, 0.3) is 0 Å². The van der Waals surface area contributed by atoms with E-state index in [2.05, 4.69) is 45.7 Å². The van der Waals surface area contributed by atoms with E-state index >= 15 is 0 Å². The Kier molecular flexibility index (Phi) is 7.77. The van der Waals surface area contributed by atoms with Crippen molar-refractivity contribution in [3.8, 4) is 0 Å². The number of thiazole rings is 1. The van der Waals surface area contributed by atoms with Gasteiger partial charge in [-0.15, -0.1) is 21.5 Å². The first-order chi connectivity index (χ1) is 14.4. The summed E-state index contributed by atoms with van der Waals surface area (Å²) >= 11 is 3.97. The van der Waals surface area contributed by atoms with Gasteiger partial charge in [0.2, 0.25) is 11.0 Å². The standard InChI is InChI=1S/C19H21N5O3S3/c1-4-27-16(26)8-13-9-28-17(20-13)22-15(25)10-29-19-24-23-18(30-19)21-14-7-5-6-11(2)12(14)3/h5-7,9H,4,8,10H2,1-3H3,(H,21,23)(H,20,22,25). The first-order valence-corrected chi connectivity index (χ1v) is 11.8. The maximum Gasteiger partial charge on any atom is 0.311 e. The minimum absolute atomic E-state index is 0.0932. The largest absolute Gasteiger partial charge is 0.466 e. The molecule has 11 heteroatoms. The fourth-order valence-electron chi connectivity index (χ4n) is 2.41. The number of hydrogen-bond donors (Lipinski definition) is 2. The number of thioether (sulfide) groups is 1. The SMILES string of the molecule is CCOC(=O)Cc1csc(NC(=O)CSc2nnc(Nc3cccc(C)c3C)s2)n1. The van der Waals surface area contributed by atoms with Gasteiger partial charge in [0, 0.05) is 11.1 Å². The molecule has 2 N–H and O–H groups in total. The molecule has 0 fully saturated rings. The molecule has 2 aromatic heterocycles. The summed E-state index contributed by atoms with van der Waals surface area (Å²) in [5, 5.41) is 17.1. The number of esters is 1. The van der Waals surface area contributed by atoms with Crippen LogP contribution in [0.15, 0.2) is 27.9 Å². The number of anilines is 3. The Morgan fingerprint density at radius 1 is 1.20 bits per heavy atom. The zero-order chi connectivity index (χ0) is 21.5. The van der Waals surface area contributed by atoms with Gasteiger partial charge in [0.05, 0.1) is 24.5 Å². The van der Waals surface area contributed by atoms with Gasteiger partial charge in [0.25, 0.3) is 0 Å². The number of amides is 1. The fraction of sp³-hybridized carbons (Fsp3) is 0.316. The van der Waals surface area contributed by atoms with Crippen LogP contribution in [0.5, 0.6) is 0 Å². The minimum Gasteiger partial charge on any atom is -0.466 e. The Labute approximate surface area is 186 Å². The lowest BCUT2D eigenvalue weighted by molar-refractivity contribution is -0.142. The van der Waals surface area contributed by atoms with E-state index in [9.17, 15) is 9.59 Å². The highest BCUT2D eigenvalue weighted by molar-refractivity contribution is 8.01. The van der Waals surface area contributed by atoms with E-state index < -0.39 is 0 Å². The number of aromatic nitrogens is 3. The quantitative estimate of drug-likeness (QED) is 0.359. The van der Waals surface area contributed by atoms with Crippen LogP contribution in [0.1, 0.15) is 23.7 Å². The summed E-state index contributed by atoms with van der Waals surface area (Å²) in [6.45, 7) is 6.19. The molecule has 0 unspecified atom stereocenters. The summed E-state index contributed by atoms with van der Waals surface area (Å²) in [6, 6.07) is 6.04. The van der Waals surface area contributed by atoms with E-state index in [-0.39, 0.29) is 24.1 Å². The van der Waals surface area contributed by atoms with E-state index in [0.717, 1.165) is 11.3 Å². The molecule has 3 aromatic rings. The third-order valence-electron chi connectivity index (χ3n) is 4.01. The monoisotopic (exact) mass is 463 g/mol. The lowest BCUT2D eigenvalue weighted by atomic mass is 10.1. The number of benzene rings is 1. The van der Waals surface area contributed by atoms with Gasteiger partial charge in [-0.1, -0.05) is 35.2 Å². The van der Waals surface area contributed by atoms with Gasteiger partial charge in [-0.3, -0.25) is 9.59 Å². The second-order valence-corrected chi connectivity index (χ2v) is 9.27. The smallest absolute Gasteiger partial charge is 0.311 e. The van der Waals surface area contributed by atoms with Gasteiger partial charge < -0.3 is 15.4 Å². The maximum atomic E-state index is 12.2. The van der Waals surface area contributed by atoms with E-state index in [1.54, 1.807) is 12.3 Å². The highest BCUT2D eigenvalue weighted by Gasteiger charge is 2.13. The van der Waals surface area contributed by atoms with Crippen LogP contribution in [-0.4, -0.2) is 39.4 Å². The predicted octanol–water partition coefficient (Wildman–Crippen LogP) is 4.19. The second-order valence-electron chi connectivity index (χ2n) is 6.21. The zero-order valence-corrected chi connectivity index (χ0v) is 19.2. The minimum atomic E-state index is -0.335. The van der Waals surface area contributed by atoms with Crippen molar-refractivity contribution in [3.63, 3.8) is 0 Å². The average molecular weight is 464 g/mol. The molecule has 0 saturated heterocycles. The second kappa shape index (κ2) is 10.5. The third-order valence-corrected chi connectivity index (χ3v) is 6.79. The zero-order valence-electron chi connectivity index (χ0n) is 16.7. The lowest BCUT2D eigenvalue weighted by Crippen LogP contribution is -2.14. The van der Waals surface area contributed by atoms with Crippen molar-refractivity contribution in [1.82, 2.24) is 15.2 Å². The molecule has 30 heavy (non-hydrogen) atoms. The maximum absolute atomic E-state index is 12.2. The molecule has 8 nitrogen and oxygen atoms in total. The number of hydrogen-bond acceptors (Lipinski definition) is 10. The topological polar surface area (TPSA) is 106 Å². The summed E-state index contributed by atoms with van der Waals surface area (Å²) in [4.78, 5) is 27.9. The molecule has 0 aliphatic carbocycles. The van der Waals surface area contributed by atoms with Gasteiger partial charge in [0.15, 0.2) is 9.47 Å². The Morgan fingerprint density at radius 2 is 2.03 bits per heavy atom. The van der Waals surface area contributed by atoms with Crippen molar-refractivity contribution in [2.24, 2.45) is 0 Å². The van der Waals surface area contributed by atoms with Crippen molar-refractivity contribution < 1.29 is 14.3 Å². The molecule has 0 radical (unpaired) electrons. The van der Waals surface area contributed by atoms with Crippen molar-refractivity contribution in [3.05, 3.63) is 40.4 Å². The van der Waals surface area contributed by atoms with Crippen molar-refractivity contribution in [1.29, 1.82) is 0 Å². The van der Waals surface area contributed by atoms with Gasteiger partial charge in [-0.2, -0.15) is 0 Å². The summed E-state index contributed by atoms with van der Waals surface area (Å²) in [6.07, 6.45) is 0.0932. The van der Waals surface area contributed by atoms with Crippen LogP contribution in [0.2, 0.25) is 0 Å². The highest BCUT2D eigenvalue weighted by atomic mass is 32.2. The lowest BCUT2D eigenvalue weighted by Gasteiger charge is -2.08. The van der Waals surface area contributed by atoms with Crippen LogP contribution in [-0.2, 0) is 20.7 Å². The average Bonchev–Trinajstić information content (AvgIpc) is 3.33. The molecule has 1 aromatic carbocycles. The molecule has 158 valence electrons. The molecule has 0 spiro atoms. The van der Waals surface area contributed by atoms with Crippen molar-refractivity contribution >= 4 is 62.3 Å². The van der Waals surface area contributed by atoms with Crippen LogP contribution < -0.4 is 10.6 Å². The number of nitrogens with one attached hydrogen (secondary N) is 2. The number of nitrogens with zero attached hydrogens (tertiary/aromatic N) is 3. The summed E-state index contributed by atoms with van der Waals surface area (Å²) in [5.74, 6) is -0.348. The number of carbonyl (C=O) groups excluding carboxylic acids is 2. The first-order valence-electron chi connectivity index (χ1n) is 9.14. The number of aryl methyl sites for hydroxylation is 1. The third kappa shape index (κ3) is 6.25. The Morgan fingerprint density at radius 3 is 2.83 bits per heavy atom. The summed E-state index contributed by atoms with van der Waals surface area (Å²) in [7, 11) is 0. The molecule has 0 aliphatic rings. The van der Waals surface area contributed by atoms with Gasteiger partial charge in [-0.05, 0) is 38.0 Å². The highest BCUT2D eigenvalue weighted by Crippen LogP contribution is 2.29. The van der Waals surface area contributed by atoms with Gasteiger partial charge in [0.1, 0.15) is 0 Å². The van der Waals surface area contributed by atoms with Crippen molar-refractivity contribution in [2.75, 3.05) is 23.0 Å². The van der Waals surface area contributed by atoms with E-state index in [0.29, 0.717) is 26.9 Å². The van der Waals surface area contributed by atoms with Crippen LogP contribution in [0, 0.1) is 13.8 Å². The van der Waals surface area contributed by atoms with E-state index in [1.807, 2.05) is 12.1 Å². The van der Waals surface area contributed by atoms with E-state index in [4.69, 9.17) is 4.74 Å². The molecular weight excluding hydrogens is 442 g/mol. The predicted molar refractivity (Wildman–Crippen MR) is 121 cm³/mol. The normalized spacial score (nSPS) is 10.6. The molecule has 0 atom stereocenters. The molecule has 0 aliphatic heterocycles. The van der Waals surface area contributed by atoms with Crippen LogP contribution in [0.3, 0.4) is 0 Å². The van der Waals surface area contributed by atoms with Gasteiger partial charge >= 0.3 is 5.97 Å². The Hall–Kier alpha value is -2.50. The van der Waals surface area contributed by atoms with Crippen LogP contribution >= 0.6 is 34.4 Å². The molecular formula is C19H21N5O3S3. The van der Waals surface area contributed by atoms with Crippen molar-refractivity contribution in [2.45, 2.75) is 31.5 Å². The number of rotatable bonds is 9. The first kappa shape index (κ1) is 22.2. The number of ether oxygens (including phenoxy) is 1. The molecule has 2 heterocycles. The fourth-order valence-corrected chi connectivity index (χ4v) is 4.70. The summed E-state index contributed by atoms with van der Waals surface area (Å²) < 4.78 is 5.59. The molecule has 1 amide bonds. The molecule has 3 rings (SSSR count). The summed E-state index contributed by atoms with van der Waals surface area (Å²) in [5.41, 5.74) is 3.92.